The molecule has 0 fully saturated rings. The van der Waals surface area contributed by atoms with E-state index in [1.165, 1.54) is 5.56 Å². The Morgan fingerprint density at radius 3 is 2.18 bits per heavy atom. The molecule has 1 amide bonds. The second-order valence-electron chi connectivity index (χ2n) is 6.68. The second kappa shape index (κ2) is 9.05. The van der Waals surface area contributed by atoms with Gasteiger partial charge in [0, 0.05) is 16.8 Å². The SMILES string of the molecule is C=C(OC(C)c1ccc(NC(=O)c2ccc(CC)cc2)cc1)c1ccccc1. The van der Waals surface area contributed by atoms with E-state index in [0.29, 0.717) is 11.3 Å². The fraction of sp³-hybridized carbons (Fsp3) is 0.160. The predicted octanol–water partition coefficient (Wildman–Crippen LogP) is 6.25. The molecule has 1 unspecified atom stereocenters. The molecule has 3 heteroatoms. The molecule has 0 saturated carbocycles. The summed E-state index contributed by atoms with van der Waals surface area (Å²) in [4.78, 5) is 12.4. The van der Waals surface area contributed by atoms with Gasteiger partial charge in [0.2, 0.25) is 0 Å². The zero-order valence-electron chi connectivity index (χ0n) is 16.3. The molecule has 0 radical (unpaired) electrons. The molecule has 28 heavy (non-hydrogen) atoms. The topological polar surface area (TPSA) is 38.3 Å². The molecular formula is C25H25NO2. The molecule has 1 atom stereocenters. The lowest BCUT2D eigenvalue weighted by Gasteiger charge is -2.17. The minimum Gasteiger partial charge on any atom is -0.486 e. The van der Waals surface area contributed by atoms with Crippen molar-refractivity contribution in [3.63, 3.8) is 0 Å². The molecule has 3 nitrogen and oxygen atoms in total. The quantitative estimate of drug-likeness (QED) is 0.499. The molecule has 142 valence electrons. The van der Waals surface area contributed by atoms with E-state index in [1.54, 1.807) is 0 Å². The first-order valence-corrected chi connectivity index (χ1v) is 9.48. The smallest absolute Gasteiger partial charge is 0.255 e. The highest BCUT2D eigenvalue weighted by molar-refractivity contribution is 6.04. The number of aryl methyl sites for hydroxylation is 1. The highest BCUT2D eigenvalue weighted by Crippen LogP contribution is 2.25. The fourth-order valence-electron chi connectivity index (χ4n) is 2.91. The number of ether oxygens (including phenoxy) is 1. The minimum absolute atomic E-state index is 0.114. The maximum atomic E-state index is 12.4. The van der Waals surface area contributed by atoms with Crippen LogP contribution in [0.1, 0.15) is 47.0 Å². The van der Waals surface area contributed by atoms with Crippen LogP contribution in [0, 0.1) is 0 Å². The summed E-state index contributed by atoms with van der Waals surface area (Å²) >= 11 is 0. The number of nitrogens with one attached hydrogen (secondary N) is 1. The molecule has 0 heterocycles. The van der Waals surface area contributed by atoms with Crippen molar-refractivity contribution in [1.82, 2.24) is 0 Å². The number of carbonyl (C=O) groups is 1. The normalized spacial score (nSPS) is 11.5. The van der Waals surface area contributed by atoms with Crippen molar-refractivity contribution < 1.29 is 9.53 Å². The highest BCUT2D eigenvalue weighted by atomic mass is 16.5. The third-order valence-corrected chi connectivity index (χ3v) is 4.68. The molecule has 1 N–H and O–H groups in total. The van der Waals surface area contributed by atoms with E-state index in [0.717, 1.165) is 23.2 Å². The van der Waals surface area contributed by atoms with Gasteiger partial charge in [0.15, 0.2) is 0 Å². The van der Waals surface area contributed by atoms with E-state index in [9.17, 15) is 4.79 Å². The number of anilines is 1. The van der Waals surface area contributed by atoms with Gasteiger partial charge in [0.05, 0.1) is 0 Å². The Bertz CT molecular complexity index is 929. The van der Waals surface area contributed by atoms with Crippen molar-refractivity contribution in [2.24, 2.45) is 0 Å². The Balaban J connectivity index is 1.60. The first kappa shape index (κ1) is 19.4. The molecule has 0 bridgehead atoms. The monoisotopic (exact) mass is 371 g/mol. The highest BCUT2D eigenvalue weighted by Gasteiger charge is 2.10. The molecule has 0 aliphatic rings. The first-order chi connectivity index (χ1) is 13.6. The van der Waals surface area contributed by atoms with Crippen LogP contribution in [0.25, 0.3) is 5.76 Å². The van der Waals surface area contributed by atoms with E-state index in [-0.39, 0.29) is 12.0 Å². The fourth-order valence-corrected chi connectivity index (χ4v) is 2.91. The van der Waals surface area contributed by atoms with E-state index in [2.05, 4.69) is 18.8 Å². The van der Waals surface area contributed by atoms with Gasteiger partial charge in [0.25, 0.3) is 5.91 Å². The van der Waals surface area contributed by atoms with E-state index in [1.807, 2.05) is 85.8 Å². The van der Waals surface area contributed by atoms with Crippen molar-refractivity contribution in [1.29, 1.82) is 0 Å². The van der Waals surface area contributed by atoms with Crippen LogP contribution in [0.3, 0.4) is 0 Å². The van der Waals surface area contributed by atoms with Crippen molar-refractivity contribution in [3.8, 4) is 0 Å². The maximum absolute atomic E-state index is 12.4. The van der Waals surface area contributed by atoms with Crippen molar-refractivity contribution in [3.05, 3.63) is 108 Å². The molecule has 3 aromatic carbocycles. The largest absolute Gasteiger partial charge is 0.486 e. The van der Waals surface area contributed by atoms with Crippen LogP contribution in [-0.4, -0.2) is 5.91 Å². The Morgan fingerprint density at radius 2 is 1.57 bits per heavy atom. The van der Waals surface area contributed by atoms with Crippen LogP contribution in [0.2, 0.25) is 0 Å². The molecule has 3 aromatic rings. The maximum Gasteiger partial charge on any atom is 0.255 e. The predicted molar refractivity (Wildman–Crippen MR) is 115 cm³/mol. The number of hydrogen-bond acceptors (Lipinski definition) is 2. The van der Waals surface area contributed by atoms with Crippen LogP contribution >= 0.6 is 0 Å². The van der Waals surface area contributed by atoms with Gasteiger partial charge >= 0.3 is 0 Å². The summed E-state index contributed by atoms with van der Waals surface area (Å²) in [5, 5.41) is 2.93. The van der Waals surface area contributed by atoms with Gasteiger partial charge < -0.3 is 10.1 Å². The van der Waals surface area contributed by atoms with E-state index in [4.69, 9.17) is 4.74 Å². The van der Waals surface area contributed by atoms with Gasteiger partial charge in [-0.1, -0.05) is 68.1 Å². The van der Waals surface area contributed by atoms with Crippen molar-refractivity contribution >= 4 is 17.4 Å². The molecule has 0 aliphatic heterocycles. The lowest BCUT2D eigenvalue weighted by molar-refractivity contribution is 0.102. The van der Waals surface area contributed by atoms with Gasteiger partial charge in [0.1, 0.15) is 11.9 Å². The van der Waals surface area contributed by atoms with Crippen molar-refractivity contribution in [2.75, 3.05) is 5.32 Å². The van der Waals surface area contributed by atoms with Gasteiger partial charge in [-0.15, -0.1) is 0 Å². The van der Waals surface area contributed by atoms with Crippen LogP contribution in [0.5, 0.6) is 0 Å². The Labute approximate surface area is 166 Å². The van der Waals surface area contributed by atoms with Crippen LogP contribution in [0.15, 0.2) is 85.4 Å². The molecule has 0 aliphatic carbocycles. The Hall–Kier alpha value is -3.33. The second-order valence-corrected chi connectivity index (χ2v) is 6.68. The lowest BCUT2D eigenvalue weighted by atomic mass is 10.1. The summed E-state index contributed by atoms with van der Waals surface area (Å²) in [7, 11) is 0. The summed E-state index contributed by atoms with van der Waals surface area (Å²) in [6, 6.07) is 25.2. The molecule has 0 aromatic heterocycles. The number of benzene rings is 3. The van der Waals surface area contributed by atoms with Gasteiger partial charge in [-0.05, 0) is 48.7 Å². The lowest BCUT2D eigenvalue weighted by Crippen LogP contribution is -2.12. The average Bonchev–Trinajstić information content (AvgIpc) is 2.74. The molecule has 0 spiro atoms. The summed E-state index contributed by atoms with van der Waals surface area (Å²) < 4.78 is 5.95. The van der Waals surface area contributed by atoms with Gasteiger partial charge in [-0.3, -0.25) is 4.79 Å². The summed E-state index contributed by atoms with van der Waals surface area (Å²) in [5.74, 6) is 0.526. The summed E-state index contributed by atoms with van der Waals surface area (Å²) in [6.07, 6.45) is 0.819. The summed E-state index contributed by atoms with van der Waals surface area (Å²) in [5.41, 5.74) is 4.60. The zero-order valence-corrected chi connectivity index (χ0v) is 16.3. The number of carbonyl (C=O) groups excluding carboxylic acids is 1. The summed E-state index contributed by atoms with van der Waals surface area (Å²) in [6.45, 7) is 8.09. The molecule has 0 saturated heterocycles. The van der Waals surface area contributed by atoms with Crippen LogP contribution in [0.4, 0.5) is 5.69 Å². The van der Waals surface area contributed by atoms with Gasteiger partial charge in [-0.2, -0.15) is 0 Å². The average molecular weight is 371 g/mol. The standard InChI is InChI=1S/C25H25NO2/c1-4-20-10-12-23(13-11-20)25(27)26-24-16-14-22(15-17-24)19(3)28-18(2)21-8-6-5-7-9-21/h5-17,19H,2,4H2,1,3H3,(H,26,27). The number of hydrogen-bond donors (Lipinski definition) is 1. The first-order valence-electron chi connectivity index (χ1n) is 9.48. The van der Waals surface area contributed by atoms with E-state index < -0.39 is 0 Å². The Kier molecular flexibility index (Phi) is 6.28. The zero-order chi connectivity index (χ0) is 19.9. The number of rotatable bonds is 7. The van der Waals surface area contributed by atoms with Crippen LogP contribution < -0.4 is 5.32 Å². The van der Waals surface area contributed by atoms with Gasteiger partial charge in [-0.25, -0.2) is 0 Å². The minimum atomic E-state index is -0.140. The third kappa shape index (κ3) is 4.89. The molecular weight excluding hydrogens is 346 g/mol. The third-order valence-electron chi connectivity index (χ3n) is 4.68. The number of amides is 1. The van der Waals surface area contributed by atoms with Crippen LogP contribution in [-0.2, 0) is 11.2 Å². The van der Waals surface area contributed by atoms with Crippen molar-refractivity contribution in [2.45, 2.75) is 26.4 Å². The Morgan fingerprint density at radius 1 is 0.929 bits per heavy atom. The van der Waals surface area contributed by atoms with E-state index >= 15 is 0 Å². The molecule has 3 rings (SSSR count).